The standard InChI is InChI=1S/C13H15N3O3S/c1-4-19-11(17)9(3)20-12-14-10-8(2)6-5-7-16(10)13(18)15-12/h5-7,9H,4H2,1-3H3/t9-/m1/s1. The molecule has 2 aromatic rings. The number of rotatable bonds is 4. The van der Waals surface area contributed by atoms with Gasteiger partial charge in [-0.2, -0.15) is 4.98 Å². The maximum absolute atomic E-state index is 11.9. The Labute approximate surface area is 120 Å². The van der Waals surface area contributed by atoms with E-state index in [0.717, 1.165) is 17.3 Å². The number of carbonyl (C=O) groups excluding carboxylic acids is 1. The molecule has 0 aliphatic rings. The summed E-state index contributed by atoms with van der Waals surface area (Å²) < 4.78 is 6.30. The number of esters is 1. The van der Waals surface area contributed by atoms with E-state index >= 15 is 0 Å². The summed E-state index contributed by atoms with van der Waals surface area (Å²) in [6.07, 6.45) is 1.62. The largest absolute Gasteiger partial charge is 0.465 e. The molecule has 0 saturated heterocycles. The maximum atomic E-state index is 11.9. The smallest absolute Gasteiger partial charge is 0.355 e. The fourth-order valence-electron chi connectivity index (χ4n) is 1.67. The Morgan fingerprint density at radius 1 is 1.50 bits per heavy atom. The molecular weight excluding hydrogens is 278 g/mol. The van der Waals surface area contributed by atoms with Crippen LogP contribution in [0.25, 0.3) is 5.65 Å². The van der Waals surface area contributed by atoms with Crippen molar-refractivity contribution in [3.8, 4) is 0 Å². The van der Waals surface area contributed by atoms with Crippen LogP contribution in [-0.4, -0.2) is 32.2 Å². The second kappa shape index (κ2) is 6.04. The number of aryl methyl sites for hydroxylation is 1. The average Bonchev–Trinajstić information content (AvgIpc) is 2.40. The Bertz CT molecular complexity index is 699. The van der Waals surface area contributed by atoms with Crippen molar-refractivity contribution in [2.75, 3.05) is 6.61 Å². The molecule has 2 heterocycles. The minimum Gasteiger partial charge on any atom is -0.465 e. The second-order valence-electron chi connectivity index (χ2n) is 4.19. The average molecular weight is 293 g/mol. The Morgan fingerprint density at radius 2 is 2.25 bits per heavy atom. The van der Waals surface area contributed by atoms with Gasteiger partial charge in [0.1, 0.15) is 10.9 Å². The molecule has 2 aromatic heterocycles. The van der Waals surface area contributed by atoms with Crippen LogP contribution in [0.5, 0.6) is 0 Å². The fourth-order valence-corrected chi connectivity index (χ4v) is 2.43. The molecule has 0 radical (unpaired) electrons. The number of hydrogen-bond acceptors (Lipinski definition) is 6. The molecule has 0 unspecified atom stereocenters. The van der Waals surface area contributed by atoms with E-state index in [1.165, 1.54) is 4.40 Å². The molecule has 0 aromatic carbocycles. The quantitative estimate of drug-likeness (QED) is 0.627. The van der Waals surface area contributed by atoms with Crippen LogP contribution >= 0.6 is 11.8 Å². The van der Waals surface area contributed by atoms with E-state index in [0.29, 0.717) is 12.3 Å². The van der Waals surface area contributed by atoms with Gasteiger partial charge in [0.05, 0.1) is 6.61 Å². The Balaban J connectivity index is 2.34. The first-order valence-electron chi connectivity index (χ1n) is 6.22. The molecule has 0 fully saturated rings. The highest BCUT2D eigenvalue weighted by Gasteiger charge is 2.18. The SMILES string of the molecule is CCOC(=O)[C@@H](C)Sc1nc(=O)n2cccc(C)c2n1. The van der Waals surface area contributed by atoms with E-state index in [4.69, 9.17) is 4.74 Å². The van der Waals surface area contributed by atoms with Crippen molar-refractivity contribution in [1.29, 1.82) is 0 Å². The molecule has 0 aliphatic heterocycles. The van der Waals surface area contributed by atoms with E-state index in [1.807, 2.05) is 13.0 Å². The highest BCUT2D eigenvalue weighted by atomic mass is 32.2. The van der Waals surface area contributed by atoms with E-state index in [2.05, 4.69) is 9.97 Å². The molecular formula is C13H15N3O3S. The van der Waals surface area contributed by atoms with Gasteiger partial charge in [-0.1, -0.05) is 17.8 Å². The second-order valence-corrected chi connectivity index (χ2v) is 5.49. The van der Waals surface area contributed by atoms with Gasteiger partial charge in [0, 0.05) is 6.20 Å². The molecule has 0 bridgehead atoms. The molecule has 20 heavy (non-hydrogen) atoms. The van der Waals surface area contributed by atoms with Gasteiger partial charge >= 0.3 is 11.7 Å². The van der Waals surface area contributed by atoms with Crippen LogP contribution in [0, 0.1) is 6.92 Å². The first kappa shape index (κ1) is 14.5. The van der Waals surface area contributed by atoms with E-state index in [1.54, 1.807) is 26.1 Å². The van der Waals surface area contributed by atoms with Gasteiger partial charge in [0.2, 0.25) is 0 Å². The summed E-state index contributed by atoms with van der Waals surface area (Å²) in [7, 11) is 0. The number of hydrogen-bond donors (Lipinski definition) is 0. The van der Waals surface area contributed by atoms with E-state index in [-0.39, 0.29) is 11.1 Å². The number of aromatic nitrogens is 3. The monoisotopic (exact) mass is 293 g/mol. The van der Waals surface area contributed by atoms with E-state index < -0.39 is 10.9 Å². The molecule has 7 heteroatoms. The Hall–Kier alpha value is -1.89. The molecule has 6 nitrogen and oxygen atoms in total. The van der Waals surface area contributed by atoms with Gasteiger partial charge < -0.3 is 4.74 Å². The minimum atomic E-state index is -0.458. The summed E-state index contributed by atoms with van der Waals surface area (Å²) in [4.78, 5) is 31.7. The zero-order valence-corrected chi connectivity index (χ0v) is 12.3. The normalized spacial score (nSPS) is 12.3. The molecule has 0 amide bonds. The van der Waals surface area contributed by atoms with Gasteiger partial charge in [-0.25, -0.2) is 9.78 Å². The van der Waals surface area contributed by atoms with Gasteiger partial charge in [0.25, 0.3) is 0 Å². The molecule has 0 aliphatic carbocycles. The zero-order valence-electron chi connectivity index (χ0n) is 11.5. The maximum Gasteiger partial charge on any atom is 0.355 e. The first-order valence-corrected chi connectivity index (χ1v) is 7.10. The molecule has 0 N–H and O–H groups in total. The Morgan fingerprint density at radius 3 is 2.95 bits per heavy atom. The van der Waals surface area contributed by atoms with Crippen LogP contribution < -0.4 is 5.69 Å². The van der Waals surface area contributed by atoms with Crippen molar-refractivity contribution in [2.24, 2.45) is 0 Å². The lowest BCUT2D eigenvalue weighted by Crippen LogP contribution is -2.22. The summed E-state index contributed by atoms with van der Waals surface area (Å²) in [5, 5.41) is -0.175. The predicted octanol–water partition coefficient (Wildman–Crippen LogP) is 1.44. The highest BCUT2D eigenvalue weighted by Crippen LogP contribution is 2.20. The lowest BCUT2D eigenvalue weighted by atomic mass is 10.3. The van der Waals surface area contributed by atoms with E-state index in [9.17, 15) is 9.59 Å². The van der Waals surface area contributed by atoms with Crippen molar-refractivity contribution >= 4 is 23.4 Å². The summed E-state index contributed by atoms with van der Waals surface area (Å²) in [5.74, 6) is -0.342. The summed E-state index contributed by atoms with van der Waals surface area (Å²) in [6, 6.07) is 3.63. The van der Waals surface area contributed by atoms with Gasteiger partial charge in [-0.05, 0) is 32.4 Å². The first-order chi connectivity index (χ1) is 9.52. The minimum absolute atomic E-state index is 0.282. The van der Waals surface area contributed by atoms with Crippen molar-refractivity contribution in [1.82, 2.24) is 14.4 Å². The van der Waals surface area contributed by atoms with Crippen LogP contribution in [0.15, 0.2) is 28.3 Å². The van der Waals surface area contributed by atoms with Crippen molar-refractivity contribution in [3.05, 3.63) is 34.4 Å². The van der Waals surface area contributed by atoms with Gasteiger partial charge in [0.15, 0.2) is 5.16 Å². The number of pyridine rings is 1. The topological polar surface area (TPSA) is 73.6 Å². The molecule has 2 rings (SSSR count). The van der Waals surface area contributed by atoms with Gasteiger partial charge in [-0.3, -0.25) is 9.20 Å². The van der Waals surface area contributed by atoms with Crippen LogP contribution in [0.2, 0.25) is 0 Å². The molecule has 0 spiro atoms. The number of nitrogens with zero attached hydrogens (tertiary/aromatic N) is 3. The molecule has 0 saturated carbocycles. The summed E-state index contributed by atoms with van der Waals surface area (Å²) >= 11 is 1.12. The third-order valence-corrected chi connectivity index (χ3v) is 3.60. The van der Waals surface area contributed by atoms with Crippen LogP contribution in [0.3, 0.4) is 0 Å². The molecule has 106 valence electrons. The number of fused-ring (bicyclic) bond motifs is 1. The van der Waals surface area contributed by atoms with Gasteiger partial charge in [-0.15, -0.1) is 0 Å². The lowest BCUT2D eigenvalue weighted by Gasteiger charge is -2.09. The Kier molecular flexibility index (Phi) is 4.39. The van der Waals surface area contributed by atoms with Crippen molar-refractivity contribution in [2.45, 2.75) is 31.2 Å². The number of ether oxygens (including phenoxy) is 1. The highest BCUT2D eigenvalue weighted by molar-refractivity contribution is 8.00. The van der Waals surface area contributed by atoms with Crippen LogP contribution in [0.1, 0.15) is 19.4 Å². The summed E-state index contributed by atoms with van der Waals surface area (Å²) in [6.45, 7) is 5.64. The fraction of sp³-hybridized carbons (Fsp3) is 0.385. The number of carbonyl (C=O) groups is 1. The van der Waals surface area contributed by atoms with Crippen molar-refractivity contribution in [3.63, 3.8) is 0 Å². The third kappa shape index (κ3) is 2.98. The zero-order chi connectivity index (χ0) is 14.7. The van der Waals surface area contributed by atoms with Crippen LogP contribution in [0.4, 0.5) is 0 Å². The van der Waals surface area contributed by atoms with Crippen LogP contribution in [-0.2, 0) is 9.53 Å². The molecule has 1 atom stereocenters. The van der Waals surface area contributed by atoms with Crippen molar-refractivity contribution < 1.29 is 9.53 Å². The summed E-state index contributed by atoms with van der Waals surface area (Å²) in [5.41, 5.74) is 1.01. The number of thioether (sulfide) groups is 1. The lowest BCUT2D eigenvalue weighted by molar-refractivity contribution is -0.142. The third-order valence-electron chi connectivity index (χ3n) is 2.66. The predicted molar refractivity (Wildman–Crippen MR) is 75.9 cm³/mol.